The number of carbonyl (C=O) groups excluding carboxylic acids is 2. The van der Waals surface area contributed by atoms with Gasteiger partial charge in [0.1, 0.15) is 23.5 Å². The second kappa shape index (κ2) is 8.96. The Bertz CT molecular complexity index is 1000. The van der Waals surface area contributed by atoms with Gasteiger partial charge in [-0.05, 0) is 17.5 Å². The molecule has 1 saturated heterocycles. The summed E-state index contributed by atoms with van der Waals surface area (Å²) >= 11 is 0. The van der Waals surface area contributed by atoms with E-state index in [4.69, 9.17) is 0 Å². The van der Waals surface area contributed by atoms with E-state index in [2.05, 4.69) is 25.3 Å². The van der Waals surface area contributed by atoms with Crippen LogP contribution in [0.4, 0.5) is 13.2 Å². The van der Waals surface area contributed by atoms with Crippen molar-refractivity contribution in [1.29, 1.82) is 0 Å². The van der Waals surface area contributed by atoms with Gasteiger partial charge in [-0.25, -0.2) is 4.68 Å². The highest BCUT2D eigenvalue weighted by molar-refractivity contribution is 5.90. The molecule has 10 nitrogen and oxygen atoms in total. The van der Waals surface area contributed by atoms with Crippen molar-refractivity contribution in [2.75, 3.05) is 13.6 Å². The summed E-state index contributed by atoms with van der Waals surface area (Å²) in [5.41, 5.74) is -0.184. The number of likely N-dealkylation sites (N-methyl/N-ethyl adjacent to an activating group) is 1. The normalized spacial score (nSPS) is 19.9. The molecule has 1 fully saturated rings. The predicted octanol–water partition coefficient (Wildman–Crippen LogP) is 1.53. The van der Waals surface area contributed by atoms with Crippen molar-refractivity contribution in [3.63, 3.8) is 0 Å². The number of rotatable bonds is 5. The summed E-state index contributed by atoms with van der Waals surface area (Å²) in [5.74, 6) is -1.27. The van der Waals surface area contributed by atoms with E-state index in [1.807, 2.05) is 20.8 Å². The summed E-state index contributed by atoms with van der Waals surface area (Å²) in [7, 11) is 1.46. The van der Waals surface area contributed by atoms with Crippen LogP contribution in [0.1, 0.15) is 33.2 Å². The summed E-state index contributed by atoms with van der Waals surface area (Å²) < 4.78 is 42.2. The number of amides is 2. The summed E-state index contributed by atoms with van der Waals surface area (Å²) in [5, 5.41) is 20.6. The zero-order valence-electron chi connectivity index (χ0n) is 18.5. The van der Waals surface area contributed by atoms with E-state index >= 15 is 0 Å². The summed E-state index contributed by atoms with van der Waals surface area (Å²) in [6.45, 7) is 5.47. The van der Waals surface area contributed by atoms with Gasteiger partial charge in [0, 0.05) is 20.0 Å². The molecule has 2 aromatic heterocycles. The van der Waals surface area contributed by atoms with Crippen molar-refractivity contribution in [2.24, 2.45) is 5.41 Å². The lowest BCUT2D eigenvalue weighted by atomic mass is 9.85. The van der Waals surface area contributed by atoms with Crippen molar-refractivity contribution >= 4 is 11.8 Å². The van der Waals surface area contributed by atoms with Gasteiger partial charge in [-0.15, -0.1) is 18.3 Å². The Hall–Kier alpha value is -3.22. The monoisotopic (exact) mass is 470 g/mol. The number of ether oxygens (including phenoxy) is 1. The van der Waals surface area contributed by atoms with Crippen molar-refractivity contribution in [2.45, 2.75) is 51.7 Å². The molecule has 2 aromatic rings. The lowest BCUT2D eigenvalue weighted by Gasteiger charge is -2.34. The minimum atomic E-state index is -4.83. The molecule has 0 saturated carbocycles. The third-order valence-electron chi connectivity index (χ3n) is 5.17. The molecule has 1 aliphatic rings. The zero-order chi connectivity index (χ0) is 24.6. The van der Waals surface area contributed by atoms with Crippen LogP contribution in [0.3, 0.4) is 0 Å². The number of hydrogen-bond acceptors (Lipinski definition) is 7. The molecule has 13 heteroatoms. The van der Waals surface area contributed by atoms with Gasteiger partial charge in [-0.3, -0.25) is 14.6 Å². The lowest BCUT2D eigenvalue weighted by molar-refractivity contribution is -0.274. The molecule has 0 bridgehead atoms. The summed E-state index contributed by atoms with van der Waals surface area (Å²) in [6, 6.07) is 0.708. The molecule has 180 valence electrons. The maximum absolute atomic E-state index is 13.5. The first-order valence-corrected chi connectivity index (χ1v) is 10.1. The fourth-order valence-corrected chi connectivity index (χ4v) is 3.76. The van der Waals surface area contributed by atoms with Crippen LogP contribution in [0.5, 0.6) is 5.75 Å². The van der Waals surface area contributed by atoms with E-state index in [-0.39, 0.29) is 30.3 Å². The largest absolute Gasteiger partial charge is 0.573 e. The molecule has 2 unspecified atom stereocenters. The molecule has 0 radical (unpaired) electrons. The van der Waals surface area contributed by atoms with Gasteiger partial charge in [-0.1, -0.05) is 26.0 Å². The quantitative estimate of drug-likeness (QED) is 0.680. The standard InChI is InChI=1S/C20H25F3N6O4/c1-19(2,3)16(18(32)28-9-11(30)7-15(28)17(31)24-4)29-10-14(26-27-29)13-6-5-12(8-25-13)33-20(21,22)23/h5-6,8,10-11,15-16,30H,7,9H2,1-4H3,(H,24,31)/t11?,15-,16?/m1/s1. The van der Waals surface area contributed by atoms with Gasteiger partial charge in [0.25, 0.3) is 0 Å². The van der Waals surface area contributed by atoms with Crippen molar-refractivity contribution in [1.82, 2.24) is 30.2 Å². The van der Waals surface area contributed by atoms with Gasteiger partial charge >= 0.3 is 6.36 Å². The van der Waals surface area contributed by atoms with Crippen molar-refractivity contribution < 1.29 is 32.6 Å². The van der Waals surface area contributed by atoms with Crippen LogP contribution in [-0.2, 0) is 9.59 Å². The number of aliphatic hydroxyl groups excluding tert-OH is 1. The topological polar surface area (TPSA) is 122 Å². The molecule has 0 aliphatic carbocycles. The lowest BCUT2D eigenvalue weighted by Crippen LogP contribution is -2.49. The van der Waals surface area contributed by atoms with E-state index in [0.29, 0.717) is 0 Å². The van der Waals surface area contributed by atoms with Crippen LogP contribution in [0.25, 0.3) is 11.4 Å². The molecule has 0 spiro atoms. The van der Waals surface area contributed by atoms with Gasteiger partial charge in [0.2, 0.25) is 11.8 Å². The Morgan fingerprint density at radius 3 is 2.48 bits per heavy atom. The second-order valence-corrected chi connectivity index (χ2v) is 8.79. The average molecular weight is 470 g/mol. The van der Waals surface area contributed by atoms with Crippen LogP contribution in [0.15, 0.2) is 24.5 Å². The van der Waals surface area contributed by atoms with Crippen LogP contribution in [-0.4, -0.2) is 73.9 Å². The maximum Gasteiger partial charge on any atom is 0.573 e. The number of alkyl halides is 3. The number of carbonyl (C=O) groups is 2. The number of pyridine rings is 1. The van der Waals surface area contributed by atoms with E-state index in [0.717, 1.165) is 12.3 Å². The molecule has 3 heterocycles. The Morgan fingerprint density at radius 1 is 1.24 bits per heavy atom. The third kappa shape index (κ3) is 5.59. The molecule has 0 aromatic carbocycles. The van der Waals surface area contributed by atoms with E-state index in [9.17, 15) is 27.9 Å². The van der Waals surface area contributed by atoms with Crippen LogP contribution in [0.2, 0.25) is 0 Å². The molecule has 2 amide bonds. The van der Waals surface area contributed by atoms with Gasteiger partial charge in [-0.2, -0.15) is 0 Å². The van der Waals surface area contributed by atoms with E-state index in [1.54, 1.807) is 0 Å². The predicted molar refractivity (Wildman–Crippen MR) is 109 cm³/mol. The Labute approximate surface area is 187 Å². The zero-order valence-corrected chi connectivity index (χ0v) is 18.5. The minimum Gasteiger partial charge on any atom is -0.404 e. The maximum atomic E-state index is 13.5. The summed E-state index contributed by atoms with van der Waals surface area (Å²) in [4.78, 5) is 31.0. The van der Waals surface area contributed by atoms with Crippen LogP contribution in [0, 0.1) is 5.41 Å². The van der Waals surface area contributed by atoms with Gasteiger partial charge < -0.3 is 20.1 Å². The highest BCUT2D eigenvalue weighted by Crippen LogP contribution is 2.35. The number of likely N-dealkylation sites (tertiary alicyclic amines) is 1. The smallest absolute Gasteiger partial charge is 0.404 e. The Balaban J connectivity index is 1.88. The SMILES string of the molecule is CNC(=O)[C@H]1CC(O)CN1C(=O)C(n1cc(-c2ccc(OC(F)(F)F)cn2)nn1)C(C)(C)C. The fraction of sp³-hybridized carbons (Fsp3) is 0.550. The second-order valence-electron chi connectivity index (χ2n) is 8.79. The molecule has 33 heavy (non-hydrogen) atoms. The summed E-state index contributed by atoms with van der Waals surface area (Å²) in [6.07, 6.45) is -3.16. The van der Waals surface area contributed by atoms with Gasteiger partial charge in [0.05, 0.1) is 24.2 Å². The first kappa shape index (κ1) is 24.4. The average Bonchev–Trinajstić information content (AvgIpc) is 3.33. The molecule has 3 atom stereocenters. The molecular formula is C20H25F3N6O4. The molecule has 1 aliphatic heterocycles. The molecular weight excluding hydrogens is 445 g/mol. The van der Waals surface area contributed by atoms with Crippen LogP contribution < -0.4 is 10.1 Å². The molecule has 2 N–H and O–H groups in total. The van der Waals surface area contributed by atoms with E-state index < -0.39 is 41.6 Å². The van der Waals surface area contributed by atoms with Crippen LogP contribution >= 0.6 is 0 Å². The first-order chi connectivity index (χ1) is 15.3. The number of halogens is 3. The number of nitrogens with zero attached hydrogens (tertiary/aromatic N) is 5. The number of nitrogens with one attached hydrogen (secondary N) is 1. The highest BCUT2D eigenvalue weighted by atomic mass is 19.4. The first-order valence-electron chi connectivity index (χ1n) is 10.1. The Morgan fingerprint density at radius 2 is 1.94 bits per heavy atom. The van der Waals surface area contributed by atoms with Gasteiger partial charge in [0.15, 0.2) is 0 Å². The fourth-order valence-electron chi connectivity index (χ4n) is 3.76. The number of β-amino-alcohol motifs (C(OH)–C–C–N with tert-alkyl or cyclic N) is 1. The minimum absolute atomic E-state index is 0.00722. The third-order valence-corrected chi connectivity index (χ3v) is 5.17. The van der Waals surface area contributed by atoms with Crippen molar-refractivity contribution in [3.8, 4) is 17.1 Å². The molecule has 3 rings (SSSR count). The number of hydrogen-bond donors (Lipinski definition) is 2. The Kier molecular flexibility index (Phi) is 6.63. The van der Waals surface area contributed by atoms with Crippen molar-refractivity contribution in [3.05, 3.63) is 24.5 Å². The number of aliphatic hydroxyl groups is 1. The highest BCUT2D eigenvalue weighted by Gasteiger charge is 2.45. The number of aromatic nitrogens is 4. The van der Waals surface area contributed by atoms with E-state index in [1.165, 1.54) is 28.9 Å².